The Balaban J connectivity index is 1.27. The van der Waals surface area contributed by atoms with E-state index in [0.717, 1.165) is 49.6 Å². The Morgan fingerprint density at radius 3 is 2.54 bits per heavy atom. The Kier molecular flexibility index (Phi) is 4.51. The number of hydrogen-bond acceptors (Lipinski definition) is 5. The number of anilines is 1. The van der Waals surface area contributed by atoms with Crippen molar-refractivity contribution in [3.8, 4) is 0 Å². The highest BCUT2D eigenvalue weighted by atomic mass is 16.5. The molecule has 2 aromatic rings. The van der Waals surface area contributed by atoms with Crippen molar-refractivity contribution >= 4 is 16.7 Å². The minimum Gasteiger partial charge on any atom is -0.379 e. The normalized spacial score (nSPS) is 27.5. The first-order valence-electron chi connectivity index (χ1n) is 10.2. The fraction of sp³-hybridized carbons (Fsp3) is 0.619. The molecule has 1 aliphatic heterocycles. The zero-order chi connectivity index (χ0) is 17.3. The minimum absolute atomic E-state index is 0.523. The summed E-state index contributed by atoms with van der Waals surface area (Å²) in [5.74, 6) is 1.78. The average molecular weight is 352 g/mol. The summed E-state index contributed by atoms with van der Waals surface area (Å²) in [5.41, 5.74) is 2.50. The van der Waals surface area contributed by atoms with Crippen LogP contribution in [0.2, 0.25) is 0 Å². The van der Waals surface area contributed by atoms with Crippen LogP contribution in [-0.4, -0.2) is 53.3 Å². The number of hydrogen-bond donors (Lipinski definition) is 1. The van der Waals surface area contributed by atoms with Gasteiger partial charge < -0.3 is 10.1 Å². The fourth-order valence-electron chi connectivity index (χ4n) is 4.58. The maximum Gasteiger partial charge on any atom is 0.137 e. The summed E-state index contributed by atoms with van der Waals surface area (Å²) in [6.07, 6.45) is 9.33. The molecule has 2 saturated carbocycles. The molecule has 0 radical (unpaired) electrons. The van der Waals surface area contributed by atoms with Gasteiger partial charge in [-0.2, -0.15) is 0 Å². The van der Waals surface area contributed by atoms with E-state index in [1.807, 2.05) is 0 Å². The number of morpholine rings is 1. The predicted octanol–water partition coefficient (Wildman–Crippen LogP) is 3.56. The largest absolute Gasteiger partial charge is 0.379 e. The lowest BCUT2D eigenvalue weighted by atomic mass is 9.90. The van der Waals surface area contributed by atoms with Crippen LogP contribution in [0.25, 0.3) is 10.9 Å². The van der Waals surface area contributed by atoms with E-state index in [1.165, 1.54) is 49.5 Å². The molecule has 26 heavy (non-hydrogen) atoms. The van der Waals surface area contributed by atoms with Gasteiger partial charge in [-0.25, -0.2) is 9.97 Å². The van der Waals surface area contributed by atoms with Crippen LogP contribution in [0.15, 0.2) is 24.5 Å². The molecule has 5 nitrogen and oxygen atoms in total. The van der Waals surface area contributed by atoms with Crippen LogP contribution in [0.4, 0.5) is 5.82 Å². The number of benzene rings is 1. The Morgan fingerprint density at radius 1 is 0.962 bits per heavy atom. The van der Waals surface area contributed by atoms with Gasteiger partial charge in [0.1, 0.15) is 12.1 Å². The highest BCUT2D eigenvalue weighted by Gasteiger charge is 2.28. The minimum atomic E-state index is 0.523. The first-order valence-corrected chi connectivity index (χ1v) is 10.2. The van der Waals surface area contributed by atoms with E-state index < -0.39 is 0 Å². The molecule has 1 aromatic heterocycles. The molecule has 0 unspecified atom stereocenters. The van der Waals surface area contributed by atoms with E-state index in [1.54, 1.807) is 6.33 Å². The monoisotopic (exact) mass is 352 g/mol. The highest BCUT2D eigenvalue weighted by Crippen LogP contribution is 2.41. The smallest absolute Gasteiger partial charge is 0.137 e. The van der Waals surface area contributed by atoms with Crippen LogP contribution in [0, 0.1) is 0 Å². The van der Waals surface area contributed by atoms with Gasteiger partial charge in [-0.1, -0.05) is 6.07 Å². The van der Waals surface area contributed by atoms with Crippen LogP contribution in [0.3, 0.4) is 0 Å². The van der Waals surface area contributed by atoms with Crippen molar-refractivity contribution in [2.24, 2.45) is 0 Å². The summed E-state index contributed by atoms with van der Waals surface area (Å²) in [6, 6.07) is 7.97. The zero-order valence-corrected chi connectivity index (χ0v) is 15.4. The van der Waals surface area contributed by atoms with Crippen molar-refractivity contribution in [3.63, 3.8) is 0 Å². The second-order valence-electron chi connectivity index (χ2n) is 8.07. The molecule has 1 aromatic carbocycles. The van der Waals surface area contributed by atoms with Crippen molar-refractivity contribution in [1.29, 1.82) is 0 Å². The molecule has 0 bridgehead atoms. The van der Waals surface area contributed by atoms with Gasteiger partial charge in [0, 0.05) is 30.6 Å². The van der Waals surface area contributed by atoms with Crippen LogP contribution >= 0.6 is 0 Å². The van der Waals surface area contributed by atoms with E-state index in [2.05, 4.69) is 38.4 Å². The van der Waals surface area contributed by atoms with Gasteiger partial charge >= 0.3 is 0 Å². The molecule has 0 amide bonds. The van der Waals surface area contributed by atoms with Gasteiger partial charge in [-0.05, 0) is 62.1 Å². The maximum absolute atomic E-state index is 5.49. The molecule has 5 rings (SSSR count). The van der Waals surface area contributed by atoms with E-state index >= 15 is 0 Å². The summed E-state index contributed by atoms with van der Waals surface area (Å²) >= 11 is 0. The number of nitrogens with zero attached hydrogens (tertiary/aromatic N) is 3. The van der Waals surface area contributed by atoms with E-state index in [4.69, 9.17) is 4.74 Å². The van der Waals surface area contributed by atoms with Crippen LogP contribution in [0.1, 0.15) is 50.0 Å². The third-order valence-electron chi connectivity index (χ3n) is 6.31. The topological polar surface area (TPSA) is 50.3 Å². The van der Waals surface area contributed by atoms with E-state index in [9.17, 15) is 0 Å². The number of aromatic nitrogens is 2. The molecule has 138 valence electrons. The lowest BCUT2D eigenvalue weighted by Gasteiger charge is -2.39. The molecule has 3 aliphatic rings. The standard InChI is InChI=1S/C21H28N4O/c1-2-15(1)16-3-8-20-19(13-16)21(23-14-22-20)24-17-4-6-18(7-5-17)25-9-11-26-12-10-25/h3,8,13-15,17-18H,1-2,4-7,9-12H2,(H,22,23,24). The van der Waals surface area contributed by atoms with Gasteiger partial charge in [0.2, 0.25) is 0 Å². The van der Waals surface area contributed by atoms with Gasteiger partial charge in [0.15, 0.2) is 0 Å². The average Bonchev–Trinajstić information content (AvgIpc) is 3.55. The highest BCUT2D eigenvalue weighted by molar-refractivity contribution is 5.89. The van der Waals surface area contributed by atoms with Crippen LogP contribution in [-0.2, 0) is 4.74 Å². The van der Waals surface area contributed by atoms with Crippen molar-refractivity contribution in [3.05, 3.63) is 30.1 Å². The second kappa shape index (κ2) is 7.12. The SMILES string of the molecule is c1nc(NC2CCC(N3CCOCC3)CC2)c2cc(C3CC3)ccc2n1. The van der Waals surface area contributed by atoms with Crippen LogP contribution in [0.5, 0.6) is 0 Å². The lowest BCUT2D eigenvalue weighted by molar-refractivity contribution is 0.00791. The van der Waals surface area contributed by atoms with Crippen molar-refractivity contribution in [2.75, 3.05) is 31.6 Å². The first-order chi connectivity index (χ1) is 12.9. The molecule has 0 spiro atoms. The summed E-state index contributed by atoms with van der Waals surface area (Å²) in [7, 11) is 0. The first kappa shape index (κ1) is 16.5. The zero-order valence-electron chi connectivity index (χ0n) is 15.4. The molecule has 5 heteroatoms. The Morgan fingerprint density at radius 2 is 1.77 bits per heavy atom. The third-order valence-corrected chi connectivity index (χ3v) is 6.31. The number of fused-ring (bicyclic) bond motifs is 1. The van der Waals surface area contributed by atoms with Crippen molar-refractivity contribution < 1.29 is 4.74 Å². The van der Waals surface area contributed by atoms with Gasteiger partial charge in [-0.15, -0.1) is 0 Å². The predicted molar refractivity (Wildman–Crippen MR) is 104 cm³/mol. The maximum atomic E-state index is 5.49. The van der Waals surface area contributed by atoms with E-state index in [-0.39, 0.29) is 0 Å². The Bertz CT molecular complexity index is 762. The van der Waals surface area contributed by atoms with Gasteiger partial charge in [0.25, 0.3) is 0 Å². The van der Waals surface area contributed by atoms with Gasteiger partial charge in [0.05, 0.1) is 18.7 Å². The summed E-state index contributed by atoms with van der Waals surface area (Å²) in [5, 5.41) is 4.93. The quantitative estimate of drug-likeness (QED) is 0.912. The Hall–Kier alpha value is -1.72. The molecule has 2 heterocycles. The fourth-order valence-corrected chi connectivity index (χ4v) is 4.58. The molecule has 1 N–H and O–H groups in total. The van der Waals surface area contributed by atoms with Gasteiger partial charge in [-0.3, -0.25) is 4.90 Å². The summed E-state index contributed by atoms with van der Waals surface area (Å²) < 4.78 is 5.49. The molecule has 2 aliphatic carbocycles. The third kappa shape index (κ3) is 3.42. The molecule has 3 fully saturated rings. The van der Waals surface area contributed by atoms with Crippen molar-refractivity contribution in [1.82, 2.24) is 14.9 Å². The number of ether oxygens (including phenoxy) is 1. The summed E-state index contributed by atoms with van der Waals surface area (Å²) in [6.45, 7) is 4.00. The molecular weight excluding hydrogens is 324 g/mol. The number of nitrogens with one attached hydrogen (secondary N) is 1. The second-order valence-corrected chi connectivity index (χ2v) is 8.07. The number of rotatable bonds is 4. The molecule has 0 atom stereocenters. The Labute approximate surface area is 155 Å². The van der Waals surface area contributed by atoms with E-state index in [0.29, 0.717) is 6.04 Å². The van der Waals surface area contributed by atoms with Crippen molar-refractivity contribution in [2.45, 2.75) is 56.5 Å². The lowest BCUT2D eigenvalue weighted by Crippen LogP contribution is -2.46. The molecule has 1 saturated heterocycles. The summed E-state index contributed by atoms with van der Waals surface area (Å²) in [4.78, 5) is 11.7. The molecular formula is C21H28N4O. The van der Waals surface area contributed by atoms with Crippen LogP contribution < -0.4 is 5.32 Å².